The molecule has 0 aliphatic carbocycles. The highest BCUT2D eigenvalue weighted by Crippen LogP contribution is 2.38. The lowest BCUT2D eigenvalue weighted by molar-refractivity contribution is 0.338. The third-order valence-corrected chi connectivity index (χ3v) is 7.16. The van der Waals surface area contributed by atoms with Gasteiger partial charge < -0.3 is 5.32 Å². The minimum atomic E-state index is -3.43. The first-order valence-corrected chi connectivity index (χ1v) is 9.90. The van der Waals surface area contributed by atoms with E-state index < -0.39 is 10.0 Å². The first-order chi connectivity index (χ1) is 11.6. The predicted octanol–water partition coefficient (Wildman–Crippen LogP) is 2.73. The van der Waals surface area contributed by atoms with Crippen LogP contribution in [-0.4, -0.2) is 38.9 Å². The molecule has 5 heteroatoms. The molecule has 0 bridgehead atoms. The van der Waals surface area contributed by atoms with E-state index in [1.54, 1.807) is 16.4 Å². The fraction of sp³-hybridized carbons (Fsp3) is 0.368. The molecule has 4 rings (SSSR count). The van der Waals surface area contributed by atoms with E-state index in [2.05, 4.69) is 5.32 Å². The maximum atomic E-state index is 13.1. The lowest BCUT2D eigenvalue weighted by atomic mass is 9.87. The van der Waals surface area contributed by atoms with Crippen LogP contribution in [0.5, 0.6) is 0 Å². The molecule has 1 spiro atoms. The highest BCUT2D eigenvalue weighted by Gasteiger charge is 2.44. The highest BCUT2D eigenvalue weighted by atomic mass is 32.2. The van der Waals surface area contributed by atoms with E-state index in [9.17, 15) is 8.42 Å². The molecule has 2 fully saturated rings. The summed E-state index contributed by atoms with van der Waals surface area (Å²) in [7, 11) is -3.43. The first-order valence-electron chi connectivity index (χ1n) is 8.46. The smallest absolute Gasteiger partial charge is 0.243 e. The Morgan fingerprint density at radius 1 is 0.958 bits per heavy atom. The molecule has 1 N–H and O–H groups in total. The van der Waals surface area contributed by atoms with Crippen LogP contribution in [0.1, 0.15) is 12.8 Å². The van der Waals surface area contributed by atoms with Gasteiger partial charge in [0.25, 0.3) is 0 Å². The predicted molar refractivity (Wildman–Crippen MR) is 95.2 cm³/mol. The van der Waals surface area contributed by atoms with Gasteiger partial charge in [-0.05, 0) is 48.1 Å². The van der Waals surface area contributed by atoms with Crippen LogP contribution in [0.3, 0.4) is 0 Å². The monoisotopic (exact) mass is 342 g/mol. The second-order valence-corrected chi connectivity index (χ2v) is 8.85. The zero-order chi connectivity index (χ0) is 16.6. The fourth-order valence-electron chi connectivity index (χ4n) is 3.86. The molecule has 2 saturated heterocycles. The van der Waals surface area contributed by atoms with Crippen molar-refractivity contribution in [3.63, 3.8) is 0 Å². The van der Waals surface area contributed by atoms with Gasteiger partial charge in [-0.1, -0.05) is 42.5 Å². The van der Waals surface area contributed by atoms with Crippen LogP contribution < -0.4 is 5.32 Å². The summed E-state index contributed by atoms with van der Waals surface area (Å²) in [4.78, 5) is 0.395. The van der Waals surface area contributed by atoms with Gasteiger partial charge in [-0.2, -0.15) is 4.31 Å². The van der Waals surface area contributed by atoms with Crippen molar-refractivity contribution in [3.8, 4) is 11.1 Å². The Bertz CT molecular complexity index is 827. The second-order valence-electron chi connectivity index (χ2n) is 6.91. The van der Waals surface area contributed by atoms with Crippen molar-refractivity contribution in [1.29, 1.82) is 0 Å². The summed E-state index contributed by atoms with van der Waals surface area (Å²) in [6.07, 6.45) is 2.03. The van der Waals surface area contributed by atoms with E-state index in [0.29, 0.717) is 18.0 Å². The Balaban J connectivity index is 1.63. The zero-order valence-corrected chi connectivity index (χ0v) is 14.4. The van der Waals surface area contributed by atoms with Gasteiger partial charge in [0.1, 0.15) is 0 Å². The van der Waals surface area contributed by atoms with Gasteiger partial charge in [-0.25, -0.2) is 8.42 Å². The average molecular weight is 342 g/mol. The number of hydrogen-bond donors (Lipinski definition) is 1. The summed E-state index contributed by atoms with van der Waals surface area (Å²) in [5.41, 5.74) is 2.12. The third-order valence-electron chi connectivity index (χ3n) is 5.31. The molecule has 0 saturated carbocycles. The number of nitrogens with one attached hydrogen (secondary N) is 1. The van der Waals surface area contributed by atoms with Gasteiger partial charge >= 0.3 is 0 Å². The van der Waals surface area contributed by atoms with Gasteiger partial charge in [0, 0.05) is 19.6 Å². The molecule has 0 amide bonds. The van der Waals surface area contributed by atoms with Gasteiger partial charge in [-0.15, -0.1) is 0 Å². The molecule has 2 heterocycles. The van der Waals surface area contributed by atoms with Crippen molar-refractivity contribution in [3.05, 3.63) is 54.6 Å². The van der Waals surface area contributed by atoms with E-state index in [1.165, 1.54) is 0 Å². The summed E-state index contributed by atoms with van der Waals surface area (Å²) < 4.78 is 27.8. The largest absolute Gasteiger partial charge is 0.316 e. The van der Waals surface area contributed by atoms with Gasteiger partial charge in [0.2, 0.25) is 10.0 Å². The van der Waals surface area contributed by atoms with Gasteiger partial charge in [-0.3, -0.25) is 0 Å². The van der Waals surface area contributed by atoms with Crippen molar-refractivity contribution < 1.29 is 8.42 Å². The minimum Gasteiger partial charge on any atom is -0.316 e. The summed E-state index contributed by atoms with van der Waals surface area (Å²) in [6.45, 7) is 3.19. The van der Waals surface area contributed by atoms with Gasteiger partial charge in [0.15, 0.2) is 0 Å². The summed E-state index contributed by atoms with van der Waals surface area (Å²) in [5, 5.41) is 3.38. The van der Waals surface area contributed by atoms with Crippen molar-refractivity contribution in [2.75, 3.05) is 26.2 Å². The molecular weight excluding hydrogens is 320 g/mol. The van der Waals surface area contributed by atoms with E-state index in [-0.39, 0.29) is 5.41 Å². The van der Waals surface area contributed by atoms with Gasteiger partial charge in [0.05, 0.1) is 4.90 Å². The molecule has 2 aromatic carbocycles. The van der Waals surface area contributed by atoms with Crippen molar-refractivity contribution >= 4 is 10.0 Å². The molecule has 1 atom stereocenters. The maximum Gasteiger partial charge on any atom is 0.243 e. The van der Waals surface area contributed by atoms with Crippen LogP contribution in [0, 0.1) is 5.41 Å². The number of sulfonamides is 1. The van der Waals surface area contributed by atoms with Crippen LogP contribution in [0.25, 0.3) is 11.1 Å². The molecule has 2 aliphatic heterocycles. The Kier molecular flexibility index (Phi) is 3.95. The highest BCUT2D eigenvalue weighted by molar-refractivity contribution is 7.89. The van der Waals surface area contributed by atoms with E-state index in [4.69, 9.17) is 0 Å². The molecule has 1 unspecified atom stereocenters. The standard InChI is InChI=1S/C19H22N2O2S/c22-24(23,21-12-10-19(15-21)9-11-20-14-19)18-8-4-7-17(13-18)16-5-2-1-3-6-16/h1-8,13,20H,9-12,14-15H2. The minimum absolute atomic E-state index is 0.143. The van der Waals surface area contributed by atoms with E-state index in [0.717, 1.165) is 37.1 Å². The maximum absolute atomic E-state index is 13.1. The number of nitrogens with zero attached hydrogens (tertiary/aromatic N) is 1. The van der Waals surface area contributed by atoms with Crippen molar-refractivity contribution in [2.45, 2.75) is 17.7 Å². The Morgan fingerprint density at radius 3 is 2.50 bits per heavy atom. The summed E-state index contributed by atoms with van der Waals surface area (Å²) in [5.74, 6) is 0. The fourth-order valence-corrected chi connectivity index (χ4v) is 5.46. The first kappa shape index (κ1) is 15.8. The topological polar surface area (TPSA) is 49.4 Å². The SMILES string of the molecule is O=S(=O)(c1cccc(-c2ccccc2)c1)N1CCC2(CCNC2)C1. The number of benzene rings is 2. The Hall–Kier alpha value is -1.69. The Labute approximate surface area is 143 Å². The molecule has 4 nitrogen and oxygen atoms in total. The van der Waals surface area contributed by atoms with Crippen molar-refractivity contribution in [1.82, 2.24) is 9.62 Å². The molecule has 0 aromatic heterocycles. The average Bonchev–Trinajstić information content (AvgIpc) is 3.26. The molecule has 2 aliphatic rings. The lowest BCUT2D eigenvalue weighted by Gasteiger charge is -2.22. The Morgan fingerprint density at radius 2 is 1.75 bits per heavy atom. The van der Waals surface area contributed by atoms with Crippen LogP contribution in [0.15, 0.2) is 59.5 Å². The van der Waals surface area contributed by atoms with Crippen molar-refractivity contribution in [2.24, 2.45) is 5.41 Å². The van der Waals surface area contributed by atoms with Crippen LogP contribution in [0.4, 0.5) is 0 Å². The molecule has 126 valence electrons. The van der Waals surface area contributed by atoms with Crippen LogP contribution >= 0.6 is 0 Å². The third kappa shape index (κ3) is 2.77. The summed E-state index contributed by atoms with van der Waals surface area (Å²) in [6, 6.07) is 17.2. The number of hydrogen-bond acceptors (Lipinski definition) is 3. The molecule has 0 radical (unpaired) electrons. The molecular formula is C19H22N2O2S. The number of rotatable bonds is 3. The zero-order valence-electron chi connectivity index (χ0n) is 13.6. The molecule has 24 heavy (non-hydrogen) atoms. The lowest BCUT2D eigenvalue weighted by Crippen LogP contribution is -2.33. The van der Waals surface area contributed by atoms with Crippen LogP contribution in [-0.2, 0) is 10.0 Å². The summed E-state index contributed by atoms with van der Waals surface area (Å²) >= 11 is 0. The normalized spacial score (nSPS) is 24.7. The van der Waals surface area contributed by atoms with Crippen LogP contribution in [0.2, 0.25) is 0 Å². The second kappa shape index (κ2) is 5.99. The molecule has 2 aromatic rings. The van der Waals surface area contributed by atoms with E-state index >= 15 is 0 Å². The quantitative estimate of drug-likeness (QED) is 0.933. The van der Waals surface area contributed by atoms with E-state index in [1.807, 2.05) is 42.5 Å².